The fourth-order valence-corrected chi connectivity index (χ4v) is 3.04. The molecule has 0 aliphatic heterocycles. The van der Waals surface area contributed by atoms with Crippen LogP contribution < -0.4 is 5.32 Å². The fraction of sp³-hybridized carbons (Fsp3) is 0.0714. The second-order valence-corrected chi connectivity index (χ2v) is 6.70. The summed E-state index contributed by atoms with van der Waals surface area (Å²) >= 11 is 7.19. The van der Waals surface area contributed by atoms with E-state index in [4.69, 9.17) is 0 Å². The van der Waals surface area contributed by atoms with Gasteiger partial charge in [0.05, 0.1) is 11.3 Å². The molecule has 0 heterocycles. The molecule has 0 fully saturated rings. The largest absolute Gasteiger partial charge is 0.321 e. The summed E-state index contributed by atoms with van der Waals surface area (Å²) in [6.07, 6.45) is 1.97. The van der Waals surface area contributed by atoms with Gasteiger partial charge in [0.25, 0.3) is 5.91 Å². The Kier molecular flexibility index (Phi) is 5.29. The lowest BCUT2D eigenvalue weighted by molar-refractivity contribution is 0.102. The van der Waals surface area contributed by atoms with Crippen molar-refractivity contribution in [1.29, 1.82) is 0 Å². The third-order valence-corrected chi connectivity index (χ3v) is 4.76. The molecule has 0 aliphatic carbocycles. The average molecular weight is 448 g/mol. The Morgan fingerprint density at radius 2 is 2.00 bits per heavy atom. The average Bonchev–Trinajstić information content (AvgIpc) is 2.42. The van der Waals surface area contributed by atoms with Crippen LogP contribution in [0.4, 0.5) is 5.69 Å². The van der Waals surface area contributed by atoms with Crippen molar-refractivity contribution in [2.75, 3.05) is 11.6 Å². The van der Waals surface area contributed by atoms with Crippen molar-refractivity contribution in [2.24, 2.45) is 0 Å². The Bertz CT molecular complexity index is 618. The first kappa shape index (κ1) is 14.9. The second-order valence-electron chi connectivity index (χ2n) is 3.78. The quantitative estimate of drug-likeness (QED) is 0.528. The molecule has 2 aromatic rings. The third-order valence-electron chi connectivity index (χ3n) is 2.53. The fourth-order valence-electron chi connectivity index (χ4n) is 1.62. The zero-order chi connectivity index (χ0) is 13.8. The molecule has 19 heavy (non-hydrogen) atoms. The van der Waals surface area contributed by atoms with Crippen LogP contribution in [0, 0.1) is 3.57 Å². The minimum absolute atomic E-state index is 0.0824. The number of benzene rings is 2. The molecule has 0 saturated heterocycles. The second kappa shape index (κ2) is 6.76. The van der Waals surface area contributed by atoms with Crippen LogP contribution in [0.1, 0.15) is 10.4 Å². The number of nitrogens with one attached hydrogen (secondary N) is 1. The third kappa shape index (κ3) is 3.73. The Morgan fingerprint density at radius 1 is 1.26 bits per heavy atom. The van der Waals surface area contributed by atoms with Crippen LogP contribution in [0.5, 0.6) is 0 Å². The summed E-state index contributed by atoms with van der Waals surface area (Å²) in [5.74, 6) is -0.0824. The first-order chi connectivity index (χ1) is 9.11. The van der Waals surface area contributed by atoms with Crippen LogP contribution in [0.15, 0.2) is 51.8 Å². The first-order valence-electron chi connectivity index (χ1n) is 5.51. The van der Waals surface area contributed by atoms with Crippen molar-refractivity contribution in [1.82, 2.24) is 0 Å². The molecule has 0 aromatic heterocycles. The van der Waals surface area contributed by atoms with Gasteiger partial charge in [-0.05, 0) is 59.2 Å². The van der Waals surface area contributed by atoms with E-state index in [9.17, 15) is 4.79 Å². The molecule has 0 bridgehead atoms. The molecule has 0 spiro atoms. The predicted octanol–water partition coefficient (Wildman–Crippen LogP) is 5.03. The van der Waals surface area contributed by atoms with Gasteiger partial charge in [-0.15, -0.1) is 11.8 Å². The highest BCUT2D eigenvalue weighted by atomic mass is 127. The van der Waals surface area contributed by atoms with E-state index >= 15 is 0 Å². The summed E-state index contributed by atoms with van der Waals surface area (Å²) in [6.45, 7) is 0. The highest BCUT2D eigenvalue weighted by Crippen LogP contribution is 2.25. The van der Waals surface area contributed by atoms with Gasteiger partial charge in [0.15, 0.2) is 0 Å². The number of anilines is 1. The van der Waals surface area contributed by atoms with Gasteiger partial charge in [-0.3, -0.25) is 4.79 Å². The number of carbonyl (C=O) groups is 1. The molecule has 0 radical (unpaired) electrons. The number of amides is 1. The molecule has 0 unspecified atom stereocenters. The van der Waals surface area contributed by atoms with Crippen molar-refractivity contribution < 1.29 is 4.79 Å². The van der Waals surface area contributed by atoms with Crippen LogP contribution in [0.25, 0.3) is 0 Å². The molecule has 1 N–H and O–H groups in total. The summed E-state index contributed by atoms with van der Waals surface area (Å²) in [7, 11) is 0. The van der Waals surface area contributed by atoms with Crippen molar-refractivity contribution in [3.8, 4) is 0 Å². The molecular formula is C14H11BrINOS. The summed E-state index contributed by atoms with van der Waals surface area (Å²) in [4.78, 5) is 13.3. The highest BCUT2D eigenvalue weighted by Gasteiger charge is 2.12. The van der Waals surface area contributed by atoms with Crippen molar-refractivity contribution in [2.45, 2.75) is 4.90 Å². The monoisotopic (exact) mass is 447 g/mol. The zero-order valence-electron chi connectivity index (χ0n) is 10.1. The normalized spacial score (nSPS) is 10.3. The summed E-state index contributed by atoms with van der Waals surface area (Å²) in [6, 6.07) is 13.4. The van der Waals surface area contributed by atoms with Crippen LogP contribution >= 0.6 is 50.3 Å². The lowest BCUT2D eigenvalue weighted by Gasteiger charge is -2.10. The molecule has 0 atom stereocenters. The number of hydrogen-bond acceptors (Lipinski definition) is 2. The molecule has 5 heteroatoms. The lowest BCUT2D eigenvalue weighted by atomic mass is 10.2. The van der Waals surface area contributed by atoms with Crippen LogP contribution in [-0.2, 0) is 0 Å². The molecule has 2 aromatic carbocycles. The van der Waals surface area contributed by atoms with Gasteiger partial charge in [-0.1, -0.05) is 28.1 Å². The van der Waals surface area contributed by atoms with Gasteiger partial charge in [0.1, 0.15) is 0 Å². The Morgan fingerprint density at radius 3 is 2.74 bits per heavy atom. The van der Waals surface area contributed by atoms with Gasteiger partial charge < -0.3 is 5.32 Å². The van der Waals surface area contributed by atoms with Crippen molar-refractivity contribution >= 4 is 61.9 Å². The minimum atomic E-state index is -0.0824. The van der Waals surface area contributed by atoms with Gasteiger partial charge in [-0.25, -0.2) is 0 Å². The van der Waals surface area contributed by atoms with Gasteiger partial charge in [0.2, 0.25) is 0 Å². The molecule has 0 aliphatic rings. The van der Waals surface area contributed by atoms with Gasteiger partial charge >= 0.3 is 0 Å². The standard InChI is InChI=1S/C14H11BrINOS/c1-19-13-5-3-2-4-10(13)14(18)17-12-8-9(15)6-7-11(12)16/h2-8H,1H3,(H,17,18). The van der Waals surface area contributed by atoms with E-state index in [-0.39, 0.29) is 5.91 Å². The zero-order valence-corrected chi connectivity index (χ0v) is 14.7. The highest BCUT2D eigenvalue weighted by molar-refractivity contribution is 14.1. The van der Waals surface area contributed by atoms with Crippen LogP contribution in [0.3, 0.4) is 0 Å². The van der Waals surface area contributed by atoms with Gasteiger partial charge in [0, 0.05) is 12.9 Å². The summed E-state index contributed by atoms with van der Waals surface area (Å²) in [5, 5.41) is 2.95. The van der Waals surface area contributed by atoms with Crippen molar-refractivity contribution in [3.05, 3.63) is 56.1 Å². The topological polar surface area (TPSA) is 29.1 Å². The summed E-state index contributed by atoms with van der Waals surface area (Å²) < 4.78 is 1.96. The van der Waals surface area contributed by atoms with E-state index in [2.05, 4.69) is 43.8 Å². The molecule has 2 rings (SSSR count). The maximum absolute atomic E-state index is 12.3. The first-order valence-corrected chi connectivity index (χ1v) is 8.61. The van der Waals surface area contributed by atoms with Gasteiger partial charge in [-0.2, -0.15) is 0 Å². The van der Waals surface area contributed by atoms with E-state index in [1.807, 2.05) is 48.7 Å². The smallest absolute Gasteiger partial charge is 0.256 e. The molecule has 2 nitrogen and oxygen atoms in total. The number of rotatable bonds is 3. The van der Waals surface area contributed by atoms with Crippen LogP contribution in [0.2, 0.25) is 0 Å². The lowest BCUT2D eigenvalue weighted by Crippen LogP contribution is -2.13. The van der Waals surface area contributed by atoms with E-state index in [0.717, 1.165) is 18.6 Å². The molecule has 1 amide bonds. The molecule has 0 saturated carbocycles. The Labute approximate surface area is 138 Å². The Balaban J connectivity index is 2.28. The van der Waals surface area contributed by atoms with E-state index in [0.29, 0.717) is 5.56 Å². The molecular weight excluding hydrogens is 437 g/mol. The molecule has 98 valence electrons. The van der Waals surface area contributed by atoms with E-state index in [1.165, 1.54) is 0 Å². The SMILES string of the molecule is CSc1ccccc1C(=O)Nc1cc(Br)ccc1I. The number of hydrogen-bond donors (Lipinski definition) is 1. The number of thioether (sulfide) groups is 1. The Hall–Kier alpha value is -0.530. The number of halogens is 2. The summed E-state index contributed by atoms with van der Waals surface area (Å²) in [5.41, 5.74) is 1.52. The maximum atomic E-state index is 12.3. The van der Waals surface area contributed by atoms with E-state index < -0.39 is 0 Å². The van der Waals surface area contributed by atoms with Crippen molar-refractivity contribution in [3.63, 3.8) is 0 Å². The predicted molar refractivity (Wildman–Crippen MR) is 93.0 cm³/mol. The van der Waals surface area contributed by atoms with Crippen LogP contribution in [-0.4, -0.2) is 12.2 Å². The maximum Gasteiger partial charge on any atom is 0.256 e. The minimum Gasteiger partial charge on any atom is -0.321 e. The van der Waals surface area contributed by atoms with E-state index in [1.54, 1.807) is 11.8 Å². The number of carbonyl (C=O) groups excluding carboxylic acids is 1.